The van der Waals surface area contributed by atoms with Crippen molar-refractivity contribution in [3.63, 3.8) is 0 Å². The summed E-state index contributed by atoms with van der Waals surface area (Å²) in [4.78, 5) is 13.2. The van der Waals surface area contributed by atoms with Gasteiger partial charge in [0, 0.05) is 18.0 Å². The number of nitrogens with zero attached hydrogens (tertiary/aromatic N) is 1. The number of carbonyl (C=O) groups excluding carboxylic acids is 1. The molecule has 0 heterocycles. The first-order valence-electron chi connectivity index (χ1n) is 5.28. The van der Waals surface area contributed by atoms with Crippen molar-refractivity contribution in [2.45, 2.75) is 45.6 Å². The third-order valence-electron chi connectivity index (χ3n) is 3.40. The summed E-state index contributed by atoms with van der Waals surface area (Å²) >= 11 is 0. The molecule has 0 aromatic rings. The van der Waals surface area contributed by atoms with Gasteiger partial charge in [0.15, 0.2) is 0 Å². The van der Waals surface area contributed by atoms with Gasteiger partial charge in [-0.2, -0.15) is 0 Å². The van der Waals surface area contributed by atoms with Crippen LogP contribution in [-0.2, 0) is 4.79 Å². The predicted octanol–water partition coefficient (Wildman–Crippen LogP) is 2.09. The second-order valence-corrected chi connectivity index (χ2v) is 4.63. The predicted molar refractivity (Wildman–Crippen MR) is 54.7 cm³/mol. The molecule has 13 heavy (non-hydrogen) atoms. The summed E-state index contributed by atoms with van der Waals surface area (Å²) in [6.07, 6.45) is 6.04. The Hall–Kier alpha value is -0.370. The maximum absolute atomic E-state index is 10.9. The first-order chi connectivity index (χ1) is 6.11. The fourth-order valence-electron chi connectivity index (χ4n) is 1.76. The molecule has 0 aromatic carbocycles. The van der Waals surface area contributed by atoms with E-state index in [1.807, 2.05) is 0 Å². The zero-order chi connectivity index (χ0) is 9.90. The maximum atomic E-state index is 10.9. The highest BCUT2D eigenvalue weighted by atomic mass is 16.1. The van der Waals surface area contributed by atoms with Crippen LogP contribution in [0.15, 0.2) is 0 Å². The largest absolute Gasteiger partial charge is 0.303 e. The van der Waals surface area contributed by atoms with Gasteiger partial charge >= 0.3 is 0 Å². The van der Waals surface area contributed by atoms with Gasteiger partial charge in [-0.05, 0) is 26.3 Å². The van der Waals surface area contributed by atoms with Crippen LogP contribution in [0.4, 0.5) is 0 Å². The third-order valence-corrected chi connectivity index (χ3v) is 3.40. The minimum absolute atomic E-state index is 0.135. The number of carbonyl (C=O) groups is 1. The minimum Gasteiger partial charge on any atom is -0.303 e. The molecule has 0 N–H and O–H groups in total. The Morgan fingerprint density at radius 1 is 1.54 bits per heavy atom. The van der Waals surface area contributed by atoms with Crippen LogP contribution >= 0.6 is 0 Å². The van der Waals surface area contributed by atoms with E-state index in [1.54, 1.807) is 0 Å². The molecule has 0 radical (unpaired) electrons. The number of hydrogen-bond donors (Lipinski definition) is 0. The van der Waals surface area contributed by atoms with E-state index in [9.17, 15) is 4.79 Å². The van der Waals surface area contributed by atoms with Crippen LogP contribution in [0.25, 0.3) is 0 Å². The van der Waals surface area contributed by atoms with Gasteiger partial charge in [0.25, 0.3) is 0 Å². The van der Waals surface area contributed by atoms with Crippen LogP contribution in [0.2, 0.25) is 0 Å². The van der Waals surface area contributed by atoms with E-state index < -0.39 is 0 Å². The van der Waals surface area contributed by atoms with Gasteiger partial charge in [0.1, 0.15) is 6.29 Å². The molecule has 2 nitrogen and oxygen atoms in total. The van der Waals surface area contributed by atoms with Crippen molar-refractivity contribution in [1.82, 2.24) is 4.90 Å². The van der Waals surface area contributed by atoms with Crippen molar-refractivity contribution in [2.24, 2.45) is 5.41 Å². The van der Waals surface area contributed by atoms with Crippen LogP contribution in [0.5, 0.6) is 0 Å². The SMILES string of the molecule is CCC(C)(C=O)CN(C)C1CCC1. The smallest absolute Gasteiger partial charge is 0.127 e. The van der Waals surface area contributed by atoms with Gasteiger partial charge in [-0.1, -0.05) is 20.3 Å². The molecule has 0 aromatic heterocycles. The van der Waals surface area contributed by atoms with E-state index in [-0.39, 0.29) is 5.41 Å². The second-order valence-electron chi connectivity index (χ2n) is 4.63. The van der Waals surface area contributed by atoms with E-state index in [4.69, 9.17) is 0 Å². The Balaban J connectivity index is 2.40. The van der Waals surface area contributed by atoms with Crippen LogP contribution in [0.3, 0.4) is 0 Å². The fourth-order valence-corrected chi connectivity index (χ4v) is 1.76. The van der Waals surface area contributed by atoms with Crippen molar-refractivity contribution in [3.05, 3.63) is 0 Å². The van der Waals surface area contributed by atoms with Crippen molar-refractivity contribution >= 4 is 6.29 Å². The van der Waals surface area contributed by atoms with Gasteiger partial charge in [-0.25, -0.2) is 0 Å². The molecule has 0 saturated heterocycles. The molecule has 1 aliphatic carbocycles. The fraction of sp³-hybridized carbons (Fsp3) is 0.909. The summed E-state index contributed by atoms with van der Waals surface area (Å²) in [6.45, 7) is 5.05. The minimum atomic E-state index is -0.135. The standard InChI is InChI=1S/C11H21NO/c1-4-11(2,9-13)8-12(3)10-6-5-7-10/h9-10H,4-8H2,1-3H3. The first-order valence-corrected chi connectivity index (χ1v) is 5.28. The molecule has 0 spiro atoms. The Morgan fingerprint density at radius 3 is 2.46 bits per heavy atom. The topological polar surface area (TPSA) is 20.3 Å². The zero-order valence-corrected chi connectivity index (χ0v) is 9.05. The van der Waals surface area contributed by atoms with Crippen LogP contribution < -0.4 is 0 Å². The van der Waals surface area contributed by atoms with Gasteiger partial charge < -0.3 is 9.69 Å². The lowest BCUT2D eigenvalue weighted by Gasteiger charge is -2.38. The summed E-state index contributed by atoms with van der Waals surface area (Å²) < 4.78 is 0. The summed E-state index contributed by atoms with van der Waals surface area (Å²) in [5.41, 5.74) is -0.135. The van der Waals surface area contributed by atoms with Gasteiger partial charge in [0.05, 0.1) is 0 Å². The summed E-state index contributed by atoms with van der Waals surface area (Å²) in [5.74, 6) is 0. The van der Waals surface area contributed by atoms with Crippen LogP contribution in [0.1, 0.15) is 39.5 Å². The highest BCUT2D eigenvalue weighted by Crippen LogP contribution is 2.27. The zero-order valence-electron chi connectivity index (χ0n) is 9.05. The number of rotatable bonds is 5. The average molecular weight is 183 g/mol. The average Bonchev–Trinajstić information content (AvgIpc) is 2.01. The molecule has 0 amide bonds. The summed E-state index contributed by atoms with van der Waals surface area (Å²) in [7, 11) is 2.14. The Labute approximate surface area is 81.3 Å². The van der Waals surface area contributed by atoms with Gasteiger partial charge in [0.2, 0.25) is 0 Å². The van der Waals surface area contributed by atoms with E-state index >= 15 is 0 Å². The highest BCUT2D eigenvalue weighted by molar-refractivity contribution is 5.58. The molecular weight excluding hydrogens is 162 g/mol. The van der Waals surface area contributed by atoms with Crippen molar-refractivity contribution in [1.29, 1.82) is 0 Å². The lowest BCUT2D eigenvalue weighted by Crippen LogP contribution is -2.43. The Kier molecular flexibility index (Phi) is 3.48. The molecule has 1 unspecified atom stereocenters. The van der Waals surface area contributed by atoms with Crippen LogP contribution in [0, 0.1) is 5.41 Å². The Bertz CT molecular complexity index is 177. The summed E-state index contributed by atoms with van der Waals surface area (Å²) in [6, 6.07) is 0.742. The quantitative estimate of drug-likeness (QED) is 0.608. The normalized spacial score (nSPS) is 22.5. The maximum Gasteiger partial charge on any atom is 0.127 e. The molecule has 1 saturated carbocycles. The molecule has 1 rings (SSSR count). The molecule has 76 valence electrons. The van der Waals surface area contributed by atoms with E-state index in [0.717, 1.165) is 25.3 Å². The van der Waals surface area contributed by atoms with Crippen molar-refractivity contribution < 1.29 is 4.79 Å². The molecule has 1 fully saturated rings. The van der Waals surface area contributed by atoms with Crippen LogP contribution in [-0.4, -0.2) is 30.8 Å². The molecule has 2 heteroatoms. The molecule has 0 aliphatic heterocycles. The van der Waals surface area contributed by atoms with Crippen molar-refractivity contribution in [3.8, 4) is 0 Å². The lowest BCUT2D eigenvalue weighted by atomic mass is 9.85. The second kappa shape index (κ2) is 4.23. The molecule has 0 bridgehead atoms. The summed E-state index contributed by atoms with van der Waals surface area (Å²) in [5, 5.41) is 0. The van der Waals surface area contributed by atoms with E-state index in [1.165, 1.54) is 19.3 Å². The molecule has 1 atom stereocenters. The monoisotopic (exact) mass is 183 g/mol. The van der Waals surface area contributed by atoms with Gasteiger partial charge in [-0.3, -0.25) is 0 Å². The molecule has 1 aliphatic rings. The third kappa shape index (κ3) is 2.53. The lowest BCUT2D eigenvalue weighted by molar-refractivity contribution is -0.117. The van der Waals surface area contributed by atoms with Gasteiger partial charge in [-0.15, -0.1) is 0 Å². The van der Waals surface area contributed by atoms with E-state index in [2.05, 4.69) is 25.8 Å². The van der Waals surface area contributed by atoms with E-state index in [0.29, 0.717) is 0 Å². The number of hydrogen-bond acceptors (Lipinski definition) is 2. The Morgan fingerprint density at radius 2 is 2.15 bits per heavy atom. The van der Waals surface area contributed by atoms with Crippen molar-refractivity contribution in [2.75, 3.05) is 13.6 Å². The highest BCUT2D eigenvalue weighted by Gasteiger charge is 2.29. The number of aldehydes is 1. The molecular formula is C11H21NO. The first kappa shape index (κ1) is 10.7.